The molecule has 0 aromatic heterocycles. The molecule has 1 amide bonds. The minimum Gasteiger partial charge on any atom is -0.497 e. The van der Waals surface area contributed by atoms with Gasteiger partial charge in [0.2, 0.25) is 5.91 Å². The molecular formula is C21H35N5O3S. The zero-order valence-electron chi connectivity index (χ0n) is 18.5. The molecule has 1 aromatic carbocycles. The van der Waals surface area contributed by atoms with Gasteiger partial charge < -0.3 is 25.0 Å². The number of hydrogen-bond acceptors (Lipinski definition) is 6. The first-order valence-corrected chi connectivity index (χ1v) is 11.6. The van der Waals surface area contributed by atoms with Gasteiger partial charge in [0.05, 0.1) is 26.4 Å². The minimum absolute atomic E-state index is 0.0270. The summed E-state index contributed by atoms with van der Waals surface area (Å²) in [5.74, 6) is 2.44. The summed E-state index contributed by atoms with van der Waals surface area (Å²) in [5, 5.41) is 6.77. The third-order valence-electron chi connectivity index (χ3n) is 4.92. The number of nitrogens with one attached hydrogen (secondary N) is 2. The van der Waals surface area contributed by atoms with E-state index in [0.29, 0.717) is 12.5 Å². The number of carbonyl (C=O) groups is 1. The van der Waals surface area contributed by atoms with Crippen molar-refractivity contribution < 1.29 is 14.3 Å². The van der Waals surface area contributed by atoms with Crippen LogP contribution in [0.15, 0.2) is 29.3 Å². The van der Waals surface area contributed by atoms with Crippen LogP contribution in [0.5, 0.6) is 5.75 Å². The molecule has 0 aliphatic carbocycles. The number of hydrogen-bond donors (Lipinski definition) is 2. The fourth-order valence-electron chi connectivity index (χ4n) is 3.10. The van der Waals surface area contributed by atoms with Gasteiger partial charge in [-0.2, -0.15) is 11.8 Å². The van der Waals surface area contributed by atoms with Crippen LogP contribution in [-0.4, -0.2) is 101 Å². The van der Waals surface area contributed by atoms with E-state index >= 15 is 0 Å². The van der Waals surface area contributed by atoms with Crippen LogP contribution in [0.25, 0.3) is 0 Å². The van der Waals surface area contributed by atoms with Crippen LogP contribution in [0.3, 0.4) is 0 Å². The lowest BCUT2D eigenvalue weighted by molar-refractivity contribution is -0.127. The fourth-order valence-corrected chi connectivity index (χ4v) is 3.41. The van der Waals surface area contributed by atoms with Crippen molar-refractivity contribution >= 4 is 23.6 Å². The number of rotatable bonds is 10. The van der Waals surface area contributed by atoms with Crippen LogP contribution in [0.2, 0.25) is 0 Å². The lowest BCUT2D eigenvalue weighted by Crippen LogP contribution is -2.47. The van der Waals surface area contributed by atoms with Crippen molar-refractivity contribution in [3.05, 3.63) is 29.8 Å². The number of aliphatic imine (C=N–C) groups is 1. The summed E-state index contributed by atoms with van der Waals surface area (Å²) in [6, 6.07) is 8.36. The molecule has 30 heavy (non-hydrogen) atoms. The molecule has 1 atom stereocenters. The van der Waals surface area contributed by atoms with E-state index in [-0.39, 0.29) is 18.5 Å². The smallest absolute Gasteiger partial charge is 0.243 e. The molecule has 1 unspecified atom stereocenters. The molecule has 1 saturated heterocycles. The van der Waals surface area contributed by atoms with Crippen LogP contribution in [0.1, 0.15) is 11.6 Å². The molecule has 168 valence electrons. The second-order valence-corrected chi connectivity index (χ2v) is 8.18. The molecule has 0 radical (unpaired) electrons. The number of guanidine groups is 1. The molecule has 8 nitrogen and oxygen atoms in total. The summed E-state index contributed by atoms with van der Waals surface area (Å²) in [7, 11) is 5.16. The molecule has 1 aliphatic heterocycles. The van der Waals surface area contributed by atoms with Gasteiger partial charge >= 0.3 is 0 Å². The number of methoxy groups -OCH3 is 1. The molecule has 1 heterocycles. The van der Waals surface area contributed by atoms with E-state index in [1.807, 2.05) is 12.1 Å². The molecule has 1 aliphatic rings. The molecule has 2 N–H and O–H groups in total. The van der Waals surface area contributed by atoms with Crippen LogP contribution in [0.4, 0.5) is 0 Å². The van der Waals surface area contributed by atoms with Gasteiger partial charge in [0.15, 0.2) is 5.96 Å². The van der Waals surface area contributed by atoms with E-state index < -0.39 is 0 Å². The highest BCUT2D eigenvalue weighted by Gasteiger charge is 2.23. The molecule has 0 spiro atoms. The van der Waals surface area contributed by atoms with Gasteiger partial charge in [-0.25, -0.2) is 4.99 Å². The standard InChI is InChI=1S/C21H35N5O3S/c1-25(2)20(27)16-24-21(22-9-14-30-4)23-15-19(26-10-12-29-13-11-26)17-5-7-18(28-3)8-6-17/h5-8,19H,9-16H2,1-4H3,(H2,22,23,24). The highest BCUT2D eigenvalue weighted by molar-refractivity contribution is 7.98. The lowest BCUT2D eigenvalue weighted by Gasteiger charge is -2.35. The Morgan fingerprint density at radius 2 is 1.97 bits per heavy atom. The average Bonchev–Trinajstić information content (AvgIpc) is 2.78. The number of morpholine rings is 1. The van der Waals surface area contributed by atoms with Gasteiger partial charge in [-0.05, 0) is 24.0 Å². The quantitative estimate of drug-likeness (QED) is 0.322. The maximum absolute atomic E-state index is 12.0. The number of carbonyl (C=O) groups excluding carboxylic acids is 1. The summed E-state index contributed by atoms with van der Waals surface area (Å²) in [6.07, 6.45) is 2.07. The number of nitrogens with zero attached hydrogens (tertiary/aromatic N) is 3. The SMILES string of the molecule is COc1ccc(C(CNC(=NCC(=O)N(C)C)NCCSC)N2CCOCC2)cc1. The number of likely N-dealkylation sites (N-methyl/N-ethyl adjacent to an activating group) is 1. The number of thioether (sulfide) groups is 1. The topological polar surface area (TPSA) is 78.4 Å². The number of benzene rings is 1. The molecule has 2 rings (SSSR count). The van der Waals surface area contributed by atoms with E-state index in [0.717, 1.165) is 44.4 Å². The van der Waals surface area contributed by atoms with Crippen molar-refractivity contribution in [3.8, 4) is 5.75 Å². The largest absolute Gasteiger partial charge is 0.497 e. The number of amides is 1. The van der Waals surface area contributed by atoms with Crippen molar-refractivity contribution in [2.45, 2.75) is 6.04 Å². The van der Waals surface area contributed by atoms with E-state index in [4.69, 9.17) is 9.47 Å². The first kappa shape index (κ1) is 24.3. The zero-order chi connectivity index (χ0) is 21.8. The maximum atomic E-state index is 12.0. The molecule has 1 aromatic rings. The first-order valence-electron chi connectivity index (χ1n) is 10.2. The number of ether oxygens (including phenoxy) is 2. The summed E-state index contributed by atoms with van der Waals surface area (Å²) in [4.78, 5) is 20.4. The Hall–Kier alpha value is -1.97. The fraction of sp³-hybridized carbons (Fsp3) is 0.619. The van der Waals surface area contributed by atoms with Gasteiger partial charge in [0.1, 0.15) is 12.3 Å². The predicted octanol–water partition coefficient (Wildman–Crippen LogP) is 1.05. The van der Waals surface area contributed by atoms with Crippen LogP contribution >= 0.6 is 11.8 Å². The van der Waals surface area contributed by atoms with Crippen molar-refractivity contribution in [1.82, 2.24) is 20.4 Å². The molecular weight excluding hydrogens is 402 g/mol. The molecule has 1 fully saturated rings. The summed E-state index contributed by atoms with van der Waals surface area (Å²) in [6.45, 7) is 4.80. The molecule has 0 saturated carbocycles. The Kier molecular flexibility index (Phi) is 10.8. The highest BCUT2D eigenvalue weighted by Crippen LogP contribution is 2.23. The van der Waals surface area contributed by atoms with Crippen molar-refractivity contribution in [2.24, 2.45) is 4.99 Å². The third-order valence-corrected chi connectivity index (χ3v) is 5.53. The van der Waals surface area contributed by atoms with Gasteiger partial charge in [-0.3, -0.25) is 9.69 Å². The lowest BCUT2D eigenvalue weighted by atomic mass is 10.0. The van der Waals surface area contributed by atoms with Gasteiger partial charge in [-0.15, -0.1) is 0 Å². The summed E-state index contributed by atoms with van der Waals surface area (Å²) < 4.78 is 10.8. The van der Waals surface area contributed by atoms with Crippen molar-refractivity contribution in [1.29, 1.82) is 0 Å². The van der Waals surface area contributed by atoms with Gasteiger partial charge in [0, 0.05) is 46.0 Å². The highest BCUT2D eigenvalue weighted by atomic mass is 32.2. The third kappa shape index (κ3) is 8.04. The van der Waals surface area contributed by atoms with Crippen LogP contribution in [-0.2, 0) is 9.53 Å². The Morgan fingerprint density at radius 1 is 1.27 bits per heavy atom. The summed E-state index contributed by atoms with van der Waals surface area (Å²) >= 11 is 1.77. The Balaban J connectivity index is 2.11. The first-order chi connectivity index (χ1) is 14.5. The predicted molar refractivity (Wildman–Crippen MR) is 124 cm³/mol. The normalized spacial score (nSPS) is 16.1. The molecule has 0 bridgehead atoms. The van der Waals surface area contributed by atoms with Crippen molar-refractivity contribution in [2.75, 3.05) is 79.2 Å². The van der Waals surface area contributed by atoms with E-state index in [1.54, 1.807) is 37.9 Å². The zero-order valence-corrected chi connectivity index (χ0v) is 19.3. The Morgan fingerprint density at radius 3 is 2.57 bits per heavy atom. The van der Waals surface area contributed by atoms with E-state index in [2.05, 4.69) is 38.9 Å². The van der Waals surface area contributed by atoms with Crippen molar-refractivity contribution in [3.63, 3.8) is 0 Å². The van der Waals surface area contributed by atoms with Crippen LogP contribution < -0.4 is 15.4 Å². The second-order valence-electron chi connectivity index (χ2n) is 7.19. The van der Waals surface area contributed by atoms with E-state index in [1.165, 1.54) is 5.56 Å². The Bertz CT molecular complexity index is 663. The molecule has 9 heteroatoms. The van der Waals surface area contributed by atoms with Gasteiger partial charge in [0.25, 0.3) is 0 Å². The second kappa shape index (κ2) is 13.4. The monoisotopic (exact) mass is 437 g/mol. The summed E-state index contributed by atoms with van der Waals surface area (Å²) in [5.41, 5.74) is 1.21. The minimum atomic E-state index is -0.0270. The van der Waals surface area contributed by atoms with E-state index in [9.17, 15) is 4.79 Å². The Labute approximate surface area is 184 Å². The maximum Gasteiger partial charge on any atom is 0.243 e. The average molecular weight is 438 g/mol. The van der Waals surface area contributed by atoms with Gasteiger partial charge in [-0.1, -0.05) is 12.1 Å². The van der Waals surface area contributed by atoms with Crippen LogP contribution in [0, 0.1) is 0 Å².